The maximum Gasteiger partial charge on any atom is 0.236 e. The molecule has 2 aromatic rings. The Morgan fingerprint density at radius 3 is 2.26 bits per heavy atom. The largest absolute Gasteiger partial charge is 0.508 e. The van der Waals surface area contributed by atoms with Gasteiger partial charge >= 0.3 is 0 Å². The highest BCUT2D eigenvalue weighted by molar-refractivity contribution is 5.78. The van der Waals surface area contributed by atoms with Crippen molar-refractivity contribution < 1.29 is 14.6 Å². The van der Waals surface area contributed by atoms with Crippen LogP contribution in [0.1, 0.15) is 5.56 Å². The van der Waals surface area contributed by atoms with E-state index in [1.54, 1.807) is 19.2 Å². The van der Waals surface area contributed by atoms with Crippen LogP contribution in [0.3, 0.4) is 0 Å². The highest BCUT2D eigenvalue weighted by Gasteiger charge is 2.22. The molecule has 1 saturated heterocycles. The van der Waals surface area contributed by atoms with Gasteiger partial charge in [0.25, 0.3) is 0 Å². The number of ether oxygens (including phenoxy) is 1. The first kappa shape index (κ1) is 19.0. The molecule has 6 heteroatoms. The van der Waals surface area contributed by atoms with Gasteiger partial charge in [-0.3, -0.25) is 9.69 Å². The Morgan fingerprint density at radius 1 is 1.04 bits per heavy atom. The molecule has 144 valence electrons. The minimum Gasteiger partial charge on any atom is -0.508 e. The second-order valence-corrected chi connectivity index (χ2v) is 6.90. The minimum absolute atomic E-state index is 0.163. The van der Waals surface area contributed by atoms with Crippen molar-refractivity contribution in [2.24, 2.45) is 0 Å². The van der Waals surface area contributed by atoms with Gasteiger partial charge in [-0.1, -0.05) is 12.1 Å². The van der Waals surface area contributed by atoms with Gasteiger partial charge in [0.05, 0.1) is 13.7 Å². The van der Waals surface area contributed by atoms with E-state index in [4.69, 9.17) is 4.74 Å². The van der Waals surface area contributed by atoms with E-state index in [2.05, 4.69) is 4.90 Å². The number of likely N-dealkylation sites (N-methyl/N-ethyl adjacent to an activating group) is 1. The fourth-order valence-electron chi connectivity index (χ4n) is 3.31. The van der Waals surface area contributed by atoms with Crippen molar-refractivity contribution >= 4 is 11.6 Å². The van der Waals surface area contributed by atoms with Crippen LogP contribution in [0.15, 0.2) is 48.5 Å². The Hall–Kier alpha value is -2.73. The third-order valence-electron chi connectivity index (χ3n) is 4.86. The van der Waals surface area contributed by atoms with E-state index in [0.29, 0.717) is 6.54 Å². The molecule has 0 spiro atoms. The zero-order chi connectivity index (χ0) is 19.2. The number of anilines is 1. The zero-order valence-electron chi connectivity index (χ0n) is 16.0. The number of piperazine rings is 1. The first-order valence-corrected chi connectivity index (χ1v) is 9.18. The van der Waals surface area contributed by atoms with Crippen molar-refractivity contribution in [3.63, 3.8) is 0 Å². The van der Waals surface area contributed by atoms with Crippen molar-refractivity contribution in [1.82, 2.24) is 9.80 Å². The third kappa shape index (κ3) is 5.14. The Balaban J connectivity index is 1.46. The molecule has 1 amide bonds. The molecule has 0 saturated carbocycles. The molecule has 6 nitrogen and oxygen atoms in total. The summed E-state index contributed by atoms with van der Waals surface area (Å²) in [5.41, 5.74) is 2.24. The Bertz CT molecular complexity index is 738. The highest BCUT2D eigenvalue weighted by atomic mass is 16.5. The van der Waals surface area contributed by atoms with Crippen molar-refractivity contribution in [2.75, 3.05) is 51.8 Å². The Kier molecular flexibility index (Phi) is 6.19. The topological polar surface area (TPSA) is 56.2 Å². The molecular formula is C21H27N3O3. The van der Waals surface area contributed by atoms with Gasteiger partial charge < -0.3 is 19.6 Å². The Labute approximate surface area is 160 Å². The van der Waals surface area contributed by atoms with Gasteiger partial charge in [0.1, 0.15) is 11.5 Å². The van der Waals surface area contributed by atoms with E-state index in [1.165, 1.54) is 0 Å². The number of carbonyl (C=O) groups excluding carboxylic acids is 1. The van der Waals surface area contributed by atoms with Crippen molar-refractivity contribution in [3.8, 4) is 11.5 Å². The van der Waals surface area contributed by atoms with Gasteiger partial charge in [-0.15, -0.1) is 0 Å². The summed E-state index contributed by atoms with van der Waals surface area (Å²) >= 11 is 0. The third-order valence-corrected chi connectivity index (χ3v) is 4.86. The first-order valence-electron chi connectivity index (χ1n) is 9.18. The molecule has 1 N–H and O–H groups in total. The van der Waals surface area contributed by atoms with E-state index < -0.39 is 0 Å². The van der Waals surface area contributed by atoms with Crippen molar-refractivity contribution in [1.29, 1.82) is 0 Å². The molecule has 1 aliphatic heterocycles. The lowest BCUT2D eigenvalue weighted by Crippen LogP contribution is -2.51. The van der Waals surface area contributed by atoms with E-state index in [1.807, 2.05) is 53.2 Å². The number of benzene rings is 2. The monoisotopic (exact) mass is 369 g/mol. The number of hydrogen-bond acceptors (Lipinski definition) is 5. The molecule has 1 fully saturated rings. The number of carbonyl (C=O) groups is 1. The SMILES string of the molecule is COc1ccc(CN(C)CC(=O)N2CCN(c3ccc(O)cc3)CC2)cc1. The number of methoxy groups -OCH3 is 1. The van der Waals surface area contributed by atoms with Crippen LogP contribution in [0.4, 0.5) is 5.69 Å². The van der Waals surface area contributed by atoms with E-state index in [9.17, 15) is 9.90 Å². The summed E-state index contributed by atoms with van der Waals surface area (Å²) in [5.74, 6) is 1.27. The molecule has 3 rings (SSSR count). The zero-order valence-corrected chi connectivity index (χ0v) is 16.0. The van der Waals surface area contributed by atoms with E-state index in [-0.39, 0.29) is 11.7 Å². The van der Waals surface area contributed by atoms with Gasteiger partial charge in [0, 0.05) is 38.4 Å². The van der Waals surface area contributed by atoms with Gasteiger partial charge in [-0.05, 0) is 49.0 Å². The van der Waals surface area contributed by atoms with Crippen LogP contribution in [-0.4, -0.2) is 67.7 Å². The van der Waals surface area contributed by atoms with E-state index in [0.717, 1.165) is 49.7 Å². The van der Waals surface area contributed by atoms with Crippen LogP contribution >= 0.6 is 0 Å². The number of hydrogen-bond donors (Lipinski definition) is 1. The maximum atomic E-state index is 12.6. The molecule has 0 bridgehead atoms. The molecule has 27 heavy (non-hydrogen) atoms. The summed E-state index contributed by atoms with van der Waals surface area (Å²) in [5, 5.41) is 9.40. The molecule has 0 aromatic heterocycles. The smallest absolute Gasteiger partial charge is 0.236 e. The maximum absolute atomic E-state index is 12.6. The van der Waals surface area contributed by atoms with Crippen LogP contribution < -0.4 is 9.64 Å². The average Bonchev–Trinajstić information content (AvgIpc) is 2.69. The van der Waals surface area contributed by atoms with E-state index >= 15 is 0 Å². The van der Waals surface area contributed by atoms with Crippen LogP contribution in [0.5, 0.6) is 11.5 Å². The highest BCUT2D eigenvalue weighted by Crippen LogP contribution is 2.20. The second-order valence-electron chi connectivity index (χ2n) is 6.90. The predicted octanol–water partition coefficient (Wildman–Crippen LogP) is 2.18. The minimum atomic E-state index is 0.163. The van der Waals surface area contributed by atoms with Crippen LogP contribution in [0.25, 0.3) is 0 Å². The van der Waals surface area contributed by atoms with Gasteiger partial charge in [0.2, 0.25) is 5.91 Å². The van der Waals surface area contributed by atoms with Crippen molar-refractivity contribution in [3.05, 3.63) is 54.1 Å². The van der Waals surface area contributed by atoms with Gasteiger partial charge in [0.15, 0.2) is 0 Å². The summed E-state index contributed by atoms with van der Waals surface area (Å²) in [6.07, 6.45) is 0. The van der Waals surface area contributed by atoms with Gasteiger partial charge in [-0.25, -0.2) is 0 Å². The average molecular weight is 369 g/mol. The lowest BCUT2D eigenvalue weighted by molar-refractivity contribution is -0.132. The molecular weight excluding hydrogens is 342 g/mol. The molecule has 0 radical (unpaired) electrons. The Morgan fingerprint density at radius 2 is 1.67 bits per heavy atom. The number of rotatable bonds is 6. The number of aromatic hydroxyl groups is 1. The lowest BCUT2D eigenvalue weighted by atomic mass is 10.2. The number of nitrogens with zero attached hydrogens (tertiary/aromatic N) is 3. The molecule has 0 atom stereocenters. The summed E-state index contributed by atoms with van der Waals surface area (Å²) in [4.78, 5) is 18.8. The molecule has 2 aromatic carbocycles. The van der Waals surface area contributed by atoms with Gasteiger partial charge in [-0.2, -0.15) is 0 Å². The summed E-state index contributed by atoms with van der Waals surface area (Å²) in [6.45, 7) is 4.18. The molecule has 1 heterocycles. The molecule has 0 unspecified atom stereocenters. The normalized spacial score (nSPS) is 14.5. The summed E-state index contributed by atoms with van der Waals surface area (Å²) < 4.78 is 5.17. The number of phenols is 1. The fraction of sp³-hybridized carbons (Fsp3) is 0.381. The first-order chi connectivity index (χ1) is 13.0. The summed E-state index contributed by atoms with van der Waals surface area (Å²) in [6, 6.07) is 15.1. The van der Waals surface area contributed by atoms with Crippen LogP contribution in [0.2, 0.25) is 0 Å². The number of phenolic OH excluding ortho intramolecular Hbond substituents is 1. The number of amides is 1. The summed E-state index contributed by atoms with van der Waals surface area (Å²) in [7, 11) is 3.62. The predicted molar refractivity (Wildman–Crippen MR) is 106 cm³/mol. The second kappa shape index (κ2) is 8.77. The fourth-order valence-corrected chi connectivity index (χ4v) is 3.31. The standard InChI is InChI=1S/C21H27N3O3/c1-22(15-17-3-9-20(27-2)10-4-17)16-21(26)24-13-11-23(12-14-24)18-5-7-19(25)8-6-18/h3-10,25H,11-16H2,1-2H3. The molecule has 1 aliphatic rings. The quantitative estimate of drug-likeness (QED) is 0.846. The van der Waals surface area contributed by atoms with Crippen LogP contribution in [0, 0.1) is 0 Å². The molecule has 0 aliphatic carbocycles. The van der Waals surface area contributed by atoms with Crippen molar-refractivity contribution in [2.45, 2.75) is 6.54 Å². The lowest BCUT2D eigenvalue weighted by Gasteiger charge is -2.36. The van der Waals surface area contributed by atoms with Crippen LogP contribution in [-0.2, 0) is 11.3 Å².